The SMILES string of the molecule is CC(C)C1CC(O)(c2ccc(N(C)C)nc2)C1. The van der Waals surface area contributed by atoms with Crippen LogP contribution in [0, 0.1) is 11.8 Å². The van der Waals surface area contributed by atoms with Crippen molar-refractivity contribution in [1.82, 2.24) is 4.98 Å². The maximum Gasteiger partial charge on any atom is 0.127 e. The summed E-state index contributed by atoms with van der Waals surface area (Å²) in [7, 11) is 3.93. The third-order valence-corrected chi connectivity index (χ3v) is 3.89. The Hall–Kier alpha value is -1.09. The largest absolute Gasteiger partial charge is 0.385 e. The Labute approximate surface area is 103 Å². The predicted molar refractivity (Wildman–Crippen MR) is 70.0 cm³/mol. The number of anilines is 1. The number of aromatic nitrogens is 1. The van der Waals surface area contributed by atoms with E-state index < -0.39 is 5.60 Å². The van der Waals surface area contributed by atoms with Gasteiger partial charge in [0.05, 0.1) is 5.60 Å². The van der Waals surface area contributed by atoms with Crippen molar-refractivity contribution in [3.8, 4) is 0 Å². The van der Waals surface area contributed by atoms with Crippen molar-refractivity contribution in [3.05, 3.63) is 23.9 Å². The first kappa shape index (κ1) is 12.4. The molecule has 3 nitrogen and oxygen atoms in total. The summed E-state index contributed by atoms with van der Waals surface area (Å²) in [6, 6.07) is 3.97. The Morgan fingerprint density at radius 3 is 2.41 bits per heavy atom. The Bertz CT molecular complexity index is 378. The van der Waals surface area contributed by atoms with Crippen LogP contribution < -0.4 is 4.90 Å². The van der Waals surface area contributed by atoms with Gasteiger partial charge in [-0.25, -0.2) is 4.98 Å². The monoisotopic (exact) mass is 234 g/mol. The number of aliphatic hydroxyl groups is 1. The van der Waals surface area contributed by atoms with Gasteiger partial charge in [-0.1, -0.05) is 19.9 Å². The summed E-state index contributed by atoms with van der Waals surface area (Å²) in [5, 5.41) is 10.5. The molecule has 0 bridgehead atoms. The van der Waals surface area contributed by atoms with E-state index in [1.54, 1.807) is 0 Å². The second kappa shape index (κ2) is 4.30. The van der Waals surface area contributed by atoms with Crippen molar-refractivity contribution in [2.45, 2.75) is 32.3 Å². The van der Waals surface area contributed by atoms with E-state index in [-0.39, 0.29) is 0 Å². The van der Waals surface area contributed by atoms with Crippen molar-refractivity contribution in [3.63, 3.8) is 0 Å². The highest BCUT2D eigenvalue weighted by Crippen LogP contribution is 2.48. The number of nitrogens with zero attached hydrogens (tertiary/aromatic N) is 2. The molecule has 0 aliphatic heterocycles. The lowest BCUT2D eigenvalue weighted by molar-refractivity contribution is -0.0935. The second-order valence-electron chi connectivity index (χ2n) is 5.74. The summed E-state index contributed by atoms with van der Waals surface area (Å²) in [4.78, 5) is 6.33. The molecule has 0 spiro atoms. The van der Waals surface area contributed by atoms with Crippen LogP contribution in [0.2, 0.25) is 0 Å². The van der Waals surface area contributed by atoms with Crippen molar-refractivity contribution in [1.29, 1.82) is 0 Å². The highest BCUT2D eigenvalue weighted by atomic mass is 16.3. The molecule has 0 atom stereocenters. The fraction of sp³-hybridized carbons (Fsp3) is 0.643. The highest BCUT2D eigenvalue weighted by molar-refractivity contribution is 5.39. The molecule has 1 N–H and O–H groups in total. The predicted octanol–water partition coefficient (Wildman–Crippen LogP) is 2.40. The third kappa shape index (κ3) is 2.29. The van der Waals surface area contributed by atoms with E-state index in [9.17, 15) is 5.11 Å². The zero-order valence-electron chi connectivity index (χ0n) is 11.1. The summed E-state index contributed by atoms with van der Waals surface area (Å²) in [5.41, 5.74) is 0.326. The lowest BCUT2D eigenvalue weighted by Gasteiger charge is -2.46. The van der Waals surface area contributed by atoms with E-state index in [1.165, 1.54) is 0 Å². The first-order valence-electron chi connectivity index (χ1n) is 6.28. The second-order valence-corrected chi connectivity index (χ2v) is 5.74. The molecule has 0 amide bonds. The van der Waals surface area contributed by atoms with Crippen molar-refractivity contribution in [2.24, 2.45) is 11.8 Å². The summed E-state index contributed by atoms with van der Waals surface area (Å²) < 4.78 is 0. The van der Waals surface area contributed by atoms with Crippen LogP contribution in [-0.2, 0) is 5.60 Å². The average molecular weight is 234 g/mol. The van der Waals surface area contributed by atoms with Crippen LogP contribution in [0.4, 0.5) is 5.82 Å². The number of pyridine rings is 1. The molecule has 0 aromatic carbocycles. The van der Waals surface area contributed by atoms with Crippen LogP contribution in [0.15, 0.2) is 18.3 Å². The van der Waals surface area contributed by atoms with Crippen LogP contribution in [0.3, 0.4) is 0 Å². The van der Waals surface area contributed by atoms with Gasteiger partial charge in [0.2, 0.25) is 0 Å². The Kier molecular flexibility index (Phi) is 3.13. The molecular formula is C14H22N2O. The molecule has 0 unspecified atom stereocenters. The zero-order chi connectivity index (χ0) is 12.6. The Morgan fingerprint density at radius 2 is 2.00 bits per heavy atom. The molecule has 3 heteroatoms. The molecule has 2 rings (SSSR count). The normalized spacial score (nSPS) is 28.0. The van der Waals surface area contributed by atoms with E-state index in [4.69, 9.17) is 0 Å². The molecule has 17 heavy (non-hydrogen) atoms. The number of hydrogen-bond donors (Lipinski definition) is 1. The number of hydrogen-bond acceptors (Lipinski definition) is 3. The molecular weight excluding hydrogens is 212 g/mol. The van der Waals surface area contributed by atoms with Crippen LogP contribution >= 0.6 is 0 Å². The van der Waals surface area contributed by atoms with E-state index in [2.05, 4.69) is 18.8 Å². The zero-order valence-corrected chi connectivity index (χ0v) is 11.1. The van der Waals surface area contributed by atoms with Gasteiger partial charge in [0.15, 0.2) is 0 Å². The first-order chi connectivity index (χ1) is 7.92. The molecule has 1 aliphatic carbocycles. The minimum Gasteiger partial charge on any atom is -0.385 e. The average Bonchev–Trinajstić information content (AvgIpc) is 2.24. The van der Waals surface area contributed by atoms with Crippen molar-refractivity contribution >= 4 is 5.82 Å². The van der Waals surface area contributed by atoms with Gasteiger partial charge >= 0.3 is 0 Å². The molecule has 0 radical (unpaired) electrons. The van der Waals surface area contributed by atoms with Crippen molar-refractivity contribution < 1.29 is 5.11 Å². The Balaban J connectivity index is 2.09. The first-order valence-corrected chi connectivity index (χ1v) is 6.28. The molecule has 1 fully saturated rings. The van der Waals surface area contributed by atoms with Gasteiger partial charge in [-0.3, -0.25) is 0 Å². The molecule has 94 valence electrons. The molecule has 1 aromatic rings. The Morgan fingerprint density at radius 1 is 1.35 bits per heavy atom. The van der Waals surface area contributed by atoms with Gasteiger partial charge in [-0.15, -0.1) is 0 Å². The lowest BCUT2D eigenvalue weighted by Crippen LogP contribution is -2.43. The minimum atomic E-state index is -0.632. The van der Waals surface area contributed by atoms with Gasteiger partial charge in [-0.05, 0) is 30.7 Å². The quantitative estimate of drug-likeness (QED) is 0.872. The van der Waals surface area contributed by atoms with Crippen LogP contribution in [0.1, 0.15) is 32.3 Å². The fourth-order valence-electron chi connectivity index (χ4n) is 2.44. The van der Waals surface area contributed by atoms with Gasteiger partial charge in [0.1, 0.15) is 5.82 Å². The van der Waals surface area contributed by atoms with Crippen molar-refractivity contribution in [2.75, 3.05) is 19.0 Å². The standard InChI is InChI=1S/C14H22N2O/c1-10(2)11-7-14(17,8-11)12-5-6-13(15-9-12)16(3)4/h5-6,9-11,17H,7-8H2,1-4H3. The summed E-state index contributed by atoms with van der Waals surface area (Å²) in [5.74, 6) is 2.23. The smallest absolute Gasteiger partial charge is 0.127 e. The molecule has 1 aromatic heterocycles. The molecule has 1 saturated carbocycles. The summed E-state index contributed by atoms with van der Waals surface area (Å²) in [6.07, 6.45) is 3.55. The summed E-state index contributed by atoms with van der Waals surface area (Å²) >= 11 is 0. The van der Waals surface area contributed by atoms with E-state index in [1.807, 2.05) is 37.3 Å². The maximum atomic E-state index is 10.5. The van der Waals surface area contributed by atoms with Crippen LogP contribution in [-0.4, -0.2) is 24.2 Å². The molecule has 1 aliphatic rings. The van der Waals surface area contributed by atoms with Gasteiger partial charge in [0, 0.05) is 25.9 Å². The fourth-order valence-corrected chi connectivity index (χ4v) is 2.44. The van der Waals surface area contributed by atoms with Gasteiger partial charge < -0.3 is 10.0 Å². The van der Waals surface area contributed by atoms with E-state index >= 15 is 0 Å². The van der Waals surface area contributed by atoms with Gasteiger partial charge in [0.25, 0.3) is 0 Å². The molecule has 1 heterocycles. The third-order valence-electron chi connectivity index (χ3n) is 3.89. The van der Waals surface area contributed by atoms with E-state index in [0.717, 1.165) is 24.2 Å². The van der Waals surface area contributed by atoms with E-state index in [0.29, 0.717) is 11.8 Å². The highest BCUT2D eigenvalue weighted by Gasteiger charge is 2.45. The minimum absolute atomic E-state index is 0.632. The summed E-state index contributed by atoms with van der Waals surface area (Å²) in [6.45, 7) is 4.44. The molecule has 0 saturated heterocycles. The topological polar surface area (TPSA) is 36.4 Å². The van der Waals surface area contributed by atoms with Crippen LogP contribution in [0.5, 0.6) is 0 Å². The number of rotatable bonds is 3. The van der Waals surface area contributed by atoms with Crippen LogP contribution in [0.25, 0.3) is 0 Å². The maximum absolute atomic E-state index is 10.5. The van der Waals surface area contributed by atoms with Gasteiger partial charge in [-0.2, -0.15) is 0 Å². The lowest BCUT2D eigenvalue weighted by atomic mass is 9.64.